The zero-order chi connectivity index (χ0) is 14.2. The summed E-state index contributed by atoms with van der Waals surface area (Å²) >= 11 is 1.76. The number of nitrogens with one attached hydrogen (secondary N) is 1. The molecule has 0 aromatic carbocycles. The Bertz CT molecular complexity index is 386. The first kappa shape index (κ1) is 15.8. The third kappa shape index (κ3) is 4.48. The predicted molar refractivity (Wildman–Crippen MR) is 80.4 cm³/mol. The fraction of sp³-hybridized carbons (Fsp3) is 0.857. The maximum absolute atomic E-state index is 5.73. The number of ether oxygens (including phenoxy) is 2. The van der Waals surface area contributed by atoms with Gasteiger partial charge in [0.2, 0.25) is 0 Å². The molecule has 114 valence electrons. The average molecular weight is 299 g/mol. The molecule has 1 saturated heterocycles. The van der Waals surface area contributed by atoms with Crippen LogP contribution in [0.1, 0.15) is 42.1 Å². The summed E-state index contributed by atoms with van der Waals surface area (Å²) in [7, 11) is 1.72. The van der Waals surface area contributed by atoms with Gasteiger partial charge in [-0.05, 0) is 25.8 Å². The monoisotopic (exact) mass is 299 g/mol. The van der Waals surface area contributed by atoms with Gasteiger partial charge < -0.3 is 14.8 Å². The summed E-state index contributed by atoms with van der Waals surface area (Å²) in [6.07, 6.45) is 4.58. The highest BCUT2D eigenvalue weighted by atomic mass is 32.1. The van der Waals surface area contributed by atoms with E-state index in [4.69, 9.17) is 9.47 Å². The highest BCUT2D eigenvalue weighted by molar-refractivity contribution is 7.11. The molecule has 1 N–H and O–H groups in total. The molecule has 2 unspecified atom stereocenters. The third-order valence-corrected chi connectivity index (χ3v) is 4.75. The van der Waals surface area contributed by atoms with E-state index in [1.165, 1.54) is 0 Å². The van der Waals surface area contributed by atoms with Crippen LogP contribution in [0.5, 0.6) is 0 Å². The van der Waals surface area contributed by atoms with E-state index in [1.54, 1.807) is 18.4 Å². The van der Waals surface area contributed by atoms with Crippen LogP contribution in [0.2, 0.25) is 0 Å². The number of rotatable bonds is 9. The van der Waals surface area contributed by atoms with Gasteiger partial charge in [-0.2, -0.15) is 0 Å². The molecule has 1 aliphatic heterocycles. The Kier molecular flexibility index (Phi) is 6.86. The first-order valence-electron chi connectivity index (χ1n) is 7.48. The number of methoxy groups -OCH3 is 1. The van der Waals surface area contributed by atoms with Crippen LogP contribution in [0, 0.1) is 0 Å². The van der Waals surface area contributed by atoms with E-state index in [2.05, 4.69) is 22.4 Å². The molecule has 20 heavy (non-hydrogen) atoms. The summed E-state index contributed by atoms with van der Waals surface area (Å²) in [5.74, 6) is 0.464. The van der Waals surface area contributed by atoms with E-state index in [9.17, 15) is 0 Å². The van der Waals surface area contributed by atoms with Crippen LogP contribution in [0.15, 0.2) is 0 Å². The minimum atomic E-state index is 0.339. The Morgan fingerprint density at radius 1 is 1.40 bits per heavy atom. The molecule has 0 radical (unpaired) electrons. The van der Waals surface area contributed by atoms with Crippen LogP contribution in [-0.4, -0.2) is 49.7 Å². The highest BCUT2D eigenvalue weighted by Crippen LogP contribution is 2.34. The molecule has 0 bridgehead atoms. The molecule has 2 atom stereocenters. The number of aromatic nitrogens is 2. The Morgan fingerprint density at radius 2 is 2.30 bits per heavy atom. The van der Waals surface area contributed by atoms with Crippen LogP contribution in [0.4, 0.5) is 0 Å². The quantitative estimate of drug-likeness (QED) is 0.707. The molecule has 1 fully saturated rings. The Labute approximate surface area is 125 Å². The number of nitrogens with zero attached hydrogens (tertiary/aromatic N) is 2. The average Bonchev–Trinajstić information content (AvgIpc) is 3.10. The lowest BCUT2D eigenvalue weighted by atomic mass is 10.0. The van der Waals surface area contributed by atoms with Crippen molar-refractivity contribution in [3.63, 3.8) is 0 Å². The van der Waals surface area contributed by atoms with Gasteiger partial charge in [-0.3, -0.25) is 0 Å². The molecule has 2 rings (SSSR count). The first-order valence-corrected chi connectivity index (χ1v) is 8.30. The number of aryl methyl sites for hydroxylation is 1. The van der Waals surface area contributed by atoms with Crippen LogP contribution >= 0.6 is 11.3 Å². The van der Waals surface area contributed by atoms with Crippen molar-refractivity contribution in [3.8, 4) is 0 Å². The smallest absolute Gasteiger partial charge is 0.123 e. The van der Waals surface area contributed by atoms with Gasteiger partial charge in [0.1, 0.15) is 10.0 Å². The topological polar surface area (TPSA) is 56.3 Å². The SMILES string of the molecule is CCC1OCCC1c1nnc(CCCNCCOC)s1. The zero-order valence-electron chi connectivity index (χ0n) is 12.4. The molecular formula is C14H25N3O2S. The van der Waals surface area contributed by atoms with Gasteiger partial charge in [-0.25, -0.2) is 0 Å². The summed E-state index contributed by atoms with van der Waals surface area (Å²) in [5.41, 5.74) is 0. The number of hydrogen-bond acceptors (Lipinski definition) is 6. The molecule has 6 heteroatoms. The van der Waals surface area contributed by atoms with Crippen molar-refractivity contribution < 1.29 is 9.47 Å². The van der Waals surface area contributed by atoms with Gasteiger partial charge in [0.25, 0.3) is 0 Å². The van der Waals surface area contributed by atoms with Crippen molar-refractivity contribution in [2.45, 2.75) is 44.6 Å². The van der Waals surface area contributed by atoms with Gasteiger partial charge in [0, 0.05) is 32.6 Å². The van der Waals surface area contributed by atoms with E-state index in [-0.39, 0.29) is 0 Å². The number of hydrogen-bond donors (Lipinski definition) is 1. The zero-order valence-corrected chi connectivity index (χ0v) is 13.2. The molecule has 0 saturated carbocycles. The van der Waals surface area contributed by atoms with Gasteiger partial charge in [-0.1, -0.05) is 6.92 Å². The standard InChI is InChI=1S/C14H25N3O2S/c1-3-12-11(6-9-19-12)14-17-16-13(20-14)5-4-7-15-8-10-18-2/h11-12,15H,3-10H2,1-2H3. The van der Waals surface area contributed by atoms with Crippen molar-refractivity contribution in [1.82, 2.24) is 15.5 Å². The van der Waals surface area contributed by atoms with Gasteiger partial charge >= 0.3 is 0 Å². The largest absolute Gasteiger partial charge is 0.383 e. The van der Waals surface area contributed by atoms with Crippen molar-refractivity contribution in [2.75, 3.05) is 33.4 Å². The Balaban J connectivity index is 1.72. The second kappa shape index (κ2) is 8.67. The summed E-state index contributed by atoms with van der Waals surface area (Å²) in [6.45, 7) is 5.72. The minimum Gasteiger partial charge on any atom is -0.383 e. The van der Waals surface area contributed by atoms with Gasteiger partial charge in [0.15, 0.2) is 0 Å². The fourth-order valence-corrected chi connectivity index (χ4v) is 3.59. The molecule has 1 aliphatic rings. The van der Waals surface area contributed by atoms with Crippen molar-refractivity contribution >= 4 is 11.3 Å². The van der Waals surface area contributed by atoms with Crippen molar-refractivity contribution in [2.24, 2.45) is 0 Å². The van der Waals surface area contributed by atoms with E-state index in [0.717, 1.165) is 62.0 Å². The second-order valence-electron chi connectivity index (χ2n) is 5.09. The molecule has 1 aromatic heterocycles. The molecule has 0 amide bonds. The summed E-state index contributed by atoms with van der Waals surface area (Å²) in [6, 6.07) is 0. The van der Waals surface area contributed by atoms with Crippen LogP contribution < -0.4 is 5.32 Å². The van der Waals surface area contributed by atoms with Crippen LogP contribution in [0.25, 0.3) is 0 Å². The fourth-order valence-electron chi connectivity index (χ4n) is 2.51. The predicted octanol–water partition coefficient (Wildman–Crippen LogP) is 1.99. The van der Waals surface area contributed by atoms with E-state index in [1.807, 2.05) is 0 Å². The maximum Gasteiger partial charge on any atom is 0.123 e. The molecule has 0 aliphatic carbocycles. The van der Waals surface area contributed by atoms with E-state index in [0.29, 0.717) is 12.0 Å². The lowest BCUT2D eigenvalue weighted by Gasteiger charge is -2.12. The molecule has 0 spiro atoms. The normalized spacial score (nSPS) is 22.5. The molecule has 1 aromatic rings. The van der Waals surface area contributed by atoms with Crippen LogP contribution in [-0.2, 0) is 15.9 Å². The minimum absolute atomic E-state index is 0.339. The third-order valence-electron chi connectivity index (χ3n) is 3.64. The van der Waals surface area contributed by atoms with Crippen LogP contribution in [0.3, 0.4) is 0 Å². The molecule has 5 nitrogen and oxygen atoms in total. The second-order valence-corrected chi connectivity index (χ2v) is 6.19. The highest BCUT2D eigenvalue weighted by Gasteiger charge is 2.30. The Hall–Kier alpha value is -0.560. The van der Waals surface area contributed by atoms with E-state index >= 15 is 0 Å². The van der Waals surface area contributed by atoms with Gasteiger partial charge in [0.05, 0.1) is 12.7 Å². The summed E-state index contributed by atoms with van der Waals surface area (Å²) in [4.78, 5) is 0. The summed E-state index contributed by atoms with van der Waals surface area (Å²) < 4.78 is 10.7. The molecular weight excluding hydrogens is 274 g/mol. The van der Waals surface area contributed by atoms with Crippen molar-refractivity contribution in [3.05, 3.63) is 10.0 Å². The summed E-state index contributed by atoms with van der Waals surface area (Å²) in [5, 5.41) is 14.4. The molecule has 2 heterocycles. The lowest BCUT2D eigenvalue weighted by molar-refractivity contribution is 0.100. The first-order chi connectivity index (χ1) is 9.85. The van der Waals surface area contributed by atoms with E-state index < -0.39 is 0 Å². The maximum atomic E-state index is 5.73. The lowest BCUT2D eigenvalue weighted by Crippen LogP contribution is -2.20. The Morgan fingerprint density at radius 3 is 3.10 bits per heavy atom. The van der Waals surface area contributed by atoms with Crippen molar-refractivity contribution in [1.29, 1.82) is 0 Å². The van der Waals surface area contributed by atoms with Gasteiger partial charge in [-0.15, -0.1) is 21.5 Å².